The van der Waals surface area contributed by atoms with E-state index in [0.29, 0.717) is 6.61 Å². The van der Waals surface area contributed by atoms with E-state index in [9.17, 15) is 4.79 Å². The number of para-hydroxylation sites is 1. The van der Waals surface area contributed by atoms with E-state index in [2.05, 4.69) is 10.3 Å². The van der Waals surface area contributed by atoms with Crippen molar-refractivity contribution >= 4 is 22.7 Å². The van der Waals surface area contributed by atoms with Gasteiger partial charge < -0.3 is 9.72 Å². The standard InChI is InChI=1S/C11H12N2O2/c1-2-15-11(14)13-10-7-12-9-6-4-3-5-8(9)10/h3-7,12H,2H2,1H3,(H,13,14). The van der Waals surface area contributed by atoms with E-state index in [1.807, 2.05) is 24.3 Å². The van der Waals surface area contributed by atoms with Crippen molar-refractivity contribution in [2.75, 3.05) is 11.9 Å². The Kier molecular flexibility index (Phi) is 2.58. The summed E-state index contributed by atoms with van der Waals surface area (Å²) in [5.41, 5.74) is 1.73. The Labute approximate surface area is 87.2 Å². The summed E-state index contributed by atoms with van der Waals surface area (Å²) in [6, 6.07) is 7.75. The lowest BCUT2D eigenvalue weighted by Gasteiger charge is -2.02. The highest BCUT2D eigenvalue weighted by Gasteiger charge is 2.06. The number of carbonyl (C=O) groups is 1. The molecule has 0 spiro atoms. The van der Waals surface area contributed by atoms with Crippen molar-refractivity contribution in [1.82, 2.24) is 4.98 Å². The van der Waals surface area contributed by atoms with Crippen LogP contribution in [0.5, 0.6) is 0 Å². The predicted octanol–water partition coefficient (Wildman–Crippen LogP) is 2.74. The number of aromatic nitrogens is 1. The van der Waals surface area contributed by atoms with Gasteiger partial charge in [-0.25, -0.2) is 4.79 Å². The number of rotatable bonds is 2. The zero-order chi connectivity index (χ0) is 10.7. The maximum absolute atomic E-state index is 11.2. The fraction of sp³-hybridized carbons (Fsp3) is 0.182. The Balaban J connectivity index is 2.25. The highest BCUT2D eigenvalue weighted by molar-refractivity contribution is 5.99. The summed E-state index contributed by atoms with van der Waals surface area (Å²) < 4.78 is 4.80. The molecule has 0 aliphatic carbocycles. The van der Waals surface area contributed by atoms with Gasteiger partial charge in [-0.3, -0.25) is 5.32 Å². The fourth-order valence-electron chi connectivity index (χ4n) is 1.45. The maximum atomic E-state index is 11.2. The molecule has 78 valence electrons. The van der Waals surface area contributed by atoms with Crippen molar-refractivity contribution in [2.24, 2.45) is 0 Å². The molecule has 0 unspecified atom stereocenters. The van der Waals surface area contributed by atoms with E-state index in [1.54, 1.807) is 13.1 Å². The Bertz CT molecular complexity index is 476. The van der Waals surface area contributed by atoms with Gasteiger partial charge in [0.25, 0.3) is 0 Å². The van der Waals surface area contributed by atoms with E-state index in [4.69, 9.17) is 4.74 Å². The molecule has 1 aromatic heterocycles. The Hall–Kier alpha value is -1.97. The number of aromatic amines is 1. The molecule has 1 heterocycles. The first-order valence-corrected chi connectivity index (χ1v) is 4.81. The number of nitrogens with one attached hydrogen (secondary N) is 2. The number of fused-ring (bicyclic) bond motifs is 1. The normalized spacial score (nSPS) is 10.2. The van der Waals surface area contributed by atoms with Gasteiger partial charge in [0.05, 0.1) is 12.3 Å². The highest BCUT2D eigenvalue weighted by Crippen LogP contribution is 2.22. The number of H-pyrrole nitrogens is 1. The van der Waals surface area contributed by atoms with Gasteiger partial charge in [-0.15, -0.1) is 0 Å². The summed E-state index contributed by atoms with van der Waals surface area (Å²) in [7, 11) is 0. The van der Waals surface area contributed by atoms with Gasteiger partial charge in [0.2, 0.25) is 0 Å². The first-order valence-electron chi connectivity index (χ1n) is 4.81. The van der Waals surface area contributed by atoms with Gasteiger partial charge in [-0.2, -0.15) is 0 Å². The maximum Gasteiger partial charge on any atom is 0.411 e. The average Bonchev–Trinajstić information content (AvgIpc) is 2.62. The van der Waals surface area contributed by atoms with Crippen LogP contribution in [0, 0.1) is 0 Å². The molecule has 2 N–H and O–H groups in total. The van der Waals surface area contributed by atoms with Crippen molar-refractivity contribution in [3.63, 3.8) is 0 Å². The first kappa shape index (κ1) is 9.58. The molecule has 0 bridgehead atoms. The number of anilines is 1. The lowest BCUT2D eigenvalue weighted by molar-refractivity contribution is 0.168. The van der Waals surface area contributed by atoms with Gasteiger partial charge in [0.1, 0.15) is 0 Å². The van der Waals surface area contributed by atoms with Crippen LogP contribution in [0.1, 0.15) is 6.92 Å². The second kappa shape index (κ2) is 4.04. The highest BCUT2D eigenvalue weighted by atomic mass is 16.5. The van der Waals surface area contributed by atoms with E-state index in [1.165, 1.54) is 0 Å². The first-order chi connectivity index (χ1) is 7.31. The molecule has 0 saturated heterocycles. The van der Waals surface area contributed by atoms with Crippen molar-refractivity contribution in [2.45, 2.75) is 6.92 Å². The van der Waals surface area contributed by atoms with Gasteiger partial charge in [0.15, 0.2) is 0 Å². The van der Waals surface area contributed by atoms with Crippen LogP contribution in [0.15, 0.2) is 30.5 Å². The van der Waals surface area contributed by atoms with Crippen molar-refractivity contribution in [3.8, 4) is 0 Å². The minimum Gasteiger partial charge on any atom is -0.450 e. The molecule has 0 saturated carbocycles. The number of benzene rings is 1. The summed E-state index contributed by atoms with van der Waals surface area (Å²) in [5.74, 6) is 0. The number of amides is 1. The molecular weight excluding hydrogens is 192 g/mol. The lowest BCUT2D eigenvalue weighted by atomic mass is 10.2. The second-order valence-corrected chi connectivity index (χ2v) is 3.09. The Morgan fingerprint density at radius 3 is 3.07 bits per heavy atom. The molecule has 4 nitrogen and oxygen atoms in total. The molecule has 1 amide bonds. The third-order valence-corrected chi connectivity index (χ3v) is 2.10. The molecule has 2 aromatic rings. The van der Waals surface area contributed by atoms with Crippen LogP contribution in [0.3, 0.4) is 0 Å². The second-order valence-electron chi connectivity index (χ2n) is 3.09. The number of carbonyl (C=O) groups excluding carboxylic acids is 1. The largest absolute Gasteiger partial charge is 0.450 e. The van der Waals surface area contributed by atoms with Crippen LogP contribution < -0.4 is 5.32 Å². The van der Waals surface area contributed by atoms with Gasteiger partial charge in [-0.1, -0.05) is 18.2 Å². The van der Waals surface area contributed by atoms with Crippen LogP contribution in [-0.4, -0.2) is 17.7 Å². The molecule has 15 heavy (non-hydrogen) atoms. The fourth-order valence-corrected chi connectivity index (χ4v) is 1.45. The van der Waals surface area contributed by atoms with E-state index >= 15 is 0 Å². The van der Waals surface area contributed by atoms with Crippen LogP contribution >= 0.6 is 0 Å². The molecule has 2 rings (SSSR count). The lowest BCUT2D eigenvalue weighted by Crippen LogP contribution is -2.12. The van der Waals surface area contributed by atoms with Gasteiger partial charge in [-0.05, 0) is 13.0 Å². The average molecular weight is 204 g/mol. The molecule has 4 heteroatoms. The number of hydrogen-bond donors (Lipinski definition) is 2. The quantitative estimate of drug-likeness (QED) is 0.790. The molecule has 0 radical (unpaired) electrons. The molecule has 0 aliphatic rings. The monoisotopic (exact) mass is 204 g/mol. The summed E-state index contributed by atoms with van der Waals surface area (Å²) in [6.45, 7) is 2.14. The van der Waals surface area contributed by atoms with Gasteiger partial charge in [0, 0.05) is 17.1 Å². The van der Waals surface area contributed by atoms with Crippen LogP contribution in [0.25, 0.3) is 10.9 Å². The van der Waals surface area contributed by atoms with Crippen LogP contribution in [-0.2, 0) is 4.74 Å². The van der Waals surface area contributed by atoms with E-state index < -0.39 is 6.09 Å². The van der Waals surface area contributed by atoms with Crippen molar-refractivity contribution < 1.29 is 9.53 Å². The Morgan fingerprint density at radius 1 is 1.47 bits per heavy atom. The summed E-state index contributed by atoms with van der Waals surface area (Å²) in [4.78, 5) is 14.3. The SMILES string of the molecule is CCOC(=O)Nc1c[nH]c2ccccc12. The zero-order valence-corrected chi connectivity index (χ0v) is 8.41. The van der Waals surface area contributed by atoms with Gasteiger partial charge >= 0.3 is 6.09 Å². The van der Waals surface area contributed by atoms with E-state index in [0.717, 1.165) is 16.6 Å². The third-order valence-electron chi connectivity index (χ3n) is 2.10. The minimum absolute atomic E-state index is 0.369. The summed E-state index contributed by atoms with van der Waals surface area (Å²) >= 11 is 0. The van der Waals surface area contributed by atoms with Crippen molar-refractivity contribution in [1.29, 1.82) is 0 Å². The molecule has 1 aromatic carbocycles. The van der Waals surface area contributed by atoms with E-state index in [-0.39, 0.29) is 0 Å². The molecule has 0 fully saturated rings. The molecule has 0 atom stereocenters. The summed E-state index contributed by atoms with van der Waals surface area (Å²) in [5, 5.41) is 3.65. The van der Waals surface area contributed by atoms with Crippen molar-refractivity contribution in [3.05, 3.63) is 30.5 Å². The smallest absolute Gasteiger partial charge is 0.411 e. The Morgan fingerprint density at radius 2 is 2.27 bits per heavy atom. The topological polar surface area (TPSA) is 54.1 Å². The minimum atomic E-state index is -0.428. The number of hydrogen-bond acceptors (Lipinski definition) is 2. The summed E-state index contributed by atoms with van der Waals surface area (Å²) in [6.07, 6.45) is 1.32. The molecular formula is C11H12N2O2. The zero-order valence-electron chi connectivity index (χ0n) is 8.41. The predicted molar refractivity (Wildman–Crippen MR) is 58.9 cm³/mol. The van der Waals surface area contributed by atoms with Crippen LogP contribution in [0.2, 0.25) is 0 Å². The molecule has 0 aliphatic heterocycles. The number of ether oxygens (including phenoxy) is 1. The van der Waals surface area contributed by atoms with Crippen LogP contribution in [0.4, 0.5) is 10.5 Å². The third kappa shape index (κ3) is 1.93.